The van der Waals surface area contributed by atoms with Gasteiger partial charge in [0.2, 0.25) is 0 Å². The number of hydrogen-bond acceptors (Lipinski definition) is 2. The molecule has 2 aliphatic rings. The highest BCUT2D eigenvalue weighted by molar-refractivity contribution is 9.10. The summed E-state index contributed by atoms with van der Waals surface area (Å²) in [4.78, 5) is 0. The average Bonchev–Trinajstić information content (AvgIpc) is 2.65. The van der Waals surface area contributed by atoms with Gasteiger partial charge in [0.1, 0.15) is 0 Å². The highest BCUT2D eigenvalue weighted by Crippen LogP contribution is 2.44. The number of ether oxygens (including phenoxy) is 1. The molecule has 2 atom stereocenters. The van der Waals surface area contributed by atoms with Crippen LogP contribution in [0.25, 0.3) is 0 Å². The molecule has 1 fully saturated rings. The minimum Gasteiger partial charge on any atom is -0.369 e. The molecule has 0 amide bonds. The van der Waals surface area contributed by atoms with E-state index in [1.54, 1.807) is 0 Å². The topological polar surface area (TPSA) is 21.3 Å². The molecule has 0 spiro atoms. The van der Waals surface area contributed by atoms with Crippen LogP contribution in [0.3, 0.4) is 0 Å². The van der Waals surface area contributed by atoms with Gasteiger partial charge in [0.25, 0.3) is 0 Å². The second kappa shape index (κ2) is 4.71. The largest absolute Gasteiger partial charge is 0.369 e. The molecule has 0 aliphatic carbocycles. The molecule has 2 aliphatic heterocycles. The van der Waals surface area contributed by atoms with Crippen molar-refractivity contribution in [3.63, 3.8) is 0 Å². The van der Waals surface area contributed by atoms with Crippen molar-refractivity contribution in [3.05, 3.63) is 32.8 Å². The summed E-state index contributed by atoms with van der Waals surface area (Å²) in [5, 5.41) is 4.20. The first-order valence-corrected chi connectivity index (χ1v) is 6.60. The Balaban J connectivity index is 0.00000108. The lowest BCUT2D eigenvalue weighted by Gasteiger charge is -2.37. The fourth-order valence-corrected chi connectivity index (χ4v) is 3.31. The van der Waals surface area contributed by atoms with Crippen LogP contribution in [-0.2, 0) is 11.3 Å². The molecule has 3 rings (SSSR count). The van der Waals surface area contributed by atoms with E-state index in [-0.39, 0.29) is 18.0 Å². The van der Waals surface area contributed by atoms with Crippen LogP contribution in [0.2, 0.25) is 5.02 Å². The van der Waals surface area contributed by atoms with E-state index in [0.717, 1.165) is 28.1 Å². The van der Waals surface area contributed by atoms with Crippen LogP contribution in [0.4, 0.5) is 0 Å². The molecule has 0 radical (unpaired) electrons. The summed E-state index contributed by atoms with van der Waals surface area (Å²) in [6.45, 7) is 4.69. The van der Waals surface area contributed by atoms with E-state index in [9.17, 15) is 0 Å². The molecule has 2 nitrogen and oxygen atoms in total. The minimum absolute atomic E-state index is 0. The fraction of sp³-hybridized carbons (Fsp3) is 0.500. The SMILES string of the molecule is C[C@]12CNC[C@H]1c1ccc(Br)c(Cl)c1CO2.Cl. The third-order valence-corrected chi connectivity index (χ3v) is 5.04. The lowest BCUT2D eigenvalue weighted by Crippen LogP contribution is -2.39. The number of halogens is 3. The zero-order valence-electron chi connectivity index (χ0n) is 9.43. The Hall–Kier alpha value is 0.200. The number of rotatable bonds is 0. The Morgan fingerprint density at radius 3 is 3.06 bits per heavy atom. The van der Waals surface area contributed by atoms with E-state index in [2.05, 4.69) is 34.2 Å². The van der Waals surface area contributed by atoms with Gasteiger partial charge in [-0.3, -0.25) is 0 Å². The van der Waals surface area contributed by atoms with Gasteiger partial charge in [0.05, 0.1) is 17.2 Å². The van der Waals surface area contributed by atoms with Crippen LogP contribution in [-0.4, -0.2) is 18.7 Å². The molecule has 1 saturated heterocycles. The summed E-state index contributed by atoms with van der Waals surface area (Å²) >= 11 is 9.76. The molecule has 0 saturated carbocycles. The van der Waals surface area contributed by atoms with E-state index in [1.165, 1.54) is 5.56 Å². The zero-order valence-corrected chi connectivity index (χ0v) is 12.6. The number of hydrogen-bond donors (Lipinski definition) is 1. The standard InChI is InChI=1S/C12H13BrClNO.ClH/c1-12-6-15-4-9(12)7-2-3-10(13)11(14)8(7)5-16-12;/h2-3,9,15H,4-6H2,1H3;1H/t9-,12-;/m0./s1. The second-order valence-electron chi connectivity index (χ2n) is 4.71. The summed E-state index contributed by atoms with van der Waals surface area (Å²) in [7, 11) is 0. The van der Waals surface area contributed by atoms with Crippen molar-refractivity contribution in [1.82, 2.24) is 5.32 Å². The second-order valence-corrected chi connectivity index (χ2v) is 5.95. The maximum absolute atomic E-state index is 6.30. The van der Waals surface area contributed by atoms with Crippen molar-refractivity contribution in [2.45, 2.75) is 25.0 Å². The maximum Gasteiger partial charge on any atom is 0.0863 e. The smallest absolute Gasteiger partial charge is 0.0863 e. The first kappa shape index (κ1) is 13.6. The number of fused-ring (bicyclic) bond motifs is 3. The first-order valence-electron chi connectivity index (χ1n) is 5.43. The molecule has 1 N–H and O–H groups in total. The summed E-state index contributed by atoms with van der Waals surface area (Å²) in [5.74, 6) is 0.418. The van der Waals surface area contributed by atoms with Crippen molar-refractivity contribution in [1.29, 1.82) is 0 Å². The quantitative estimate of drug-likeness (QED) is 0.781. The lowest BCUT2D eigenvalue weighted by atomic mass is 9.81. The third-order valence-electron chi connectivity index (χ3n) is 3.72. The average molecular weight is 339 g/mol. The van der Waals surface area contributed by atoms with Crippen molar-refractivity contribution in [3.8, 4) is 0 Å². The molecule has 0 unspecified atom stereocenters. The molecule has 1 aromatic rings. The zero-order chi connectivity index (χ0) is 11.3. The van der Waals surface area contributed by atoms with Crippen LogP contribution >= 0.6 is 39.9 Å². The Labute approximate surface area is 121 Å². The summed E-state index contributed by atoms with van der Waals surface area (Å²) in [6.07, 6.45) is 0. The normalized spacial score (nSPS) is 30.4. The van der Waals surface area contributed by atoms with Gasteiger partial charge >= 0.3 is 0 Å². The number of nitrogens with one attached hydrogen (secondary N) is 1. The molecule has 17 heavy (non-hydrogen) atoms. The maximum atomic E-state index is 6.30. The van der Waals surface area contributed by atoms with E-state index >= 15 is 0 Å². The highest BCUT2D eigenvalue weighted by atomic mass is 79.9. The van der Waals surface area contributed by atoms with Crippen LogP contribution < -0.4 is 5.32 Å². The van der Waals surface area contributed by atoms with Gasteiger partial charge in [-0.2, -0.15) is 0 Å². The molecule has 0 bridgehead atoms. The Bertz CT molecular complexity index is 454. The van der Waals surface area contributed by atoms with Crippen molar-refractivity contribution in [2.24, 2.45) is 0 Å². The molecule has 0 aromatic heterocycles. The van der Waals surface area contributed by atoms with Gasteiger partial charge in [-0.15, -0.1) is 12.4 Å². The van der Waals surface area contributed by atoms with E-state index < -0.39 is 0 Å². The molecule has 5 heteroatoms. The van der Waals surface area contributed by atoms with Gasteiger partial charge in [-0.05, 0) is 34.5 Å². The van der Waals surface area contributed by atoms with Crippen molar-refractivity contribution in [2.75, 3.05) is 13.1 Å². The van der Waals surface area contributed by atoms with Gasteiger partial charge < -0.3 is 10.1 Å². The summed E-state index contributed by atoms with van der Waals surface area (Å²) < 4.78 is 6.93. The predicted molar refractivity (Wildman–Crippen MR) is 75.2 cm³/mol. The first-order chi connectivity index (χ1) is 7.62. The van der Waals surface area contributed by atoms with Gasteiger partial charge in [-0.25, -0.2) is 0 Å². The molecular formula is C12H14BrCl2NO. The van der Waals surface area contributed by atoms with Crippen LogP contribution in [0, 0.1) is 0 Å². The minimum atomic E-state index is -0.0653. The Kier molecular flexibility index (Phi) is 3.77. The van der Waals surface area contributed by atoms with Gasteiger partial charge in [0, 0.05) is 29.0 Å². The van der Waals surface area contributed by atoms with Gasteiger partial charge in [0.15, 0.2) is 0 Å². The van der Waals surface area contributed by atoms with Crippen LogP contribution in [0.5, 0.6) is 0 Å². The molecule has 2 heterocycles. The van der Waals surface area contributed by atoms with Gasteiger partial charge in [-0.1, -0.05) is 17.7 Å². The highest BCUT2D eigenvalue weighted by Gasteiger charge is 2.44. The summed E-state index contributed by atoms with van der Waals surface area (Å²) in [6, 6.07) is 4.20. The van der Waals surface area contributed by atoms with Crippen LogP contribution in [0.1, 0.15) is 24.0 Å². The van der Waals surface area contributed by atoms with E-state index in [1.807, 2.05) is 6.07 Å². The lowest BCUT2D eigenvalue weighted by molar-refractivity contribution is -0.0517. The fourth-order valence-electron chi connectivity index (χ4n) is 2.71. The molecule has 1 aromatic carbocycles. The predicted octanol–water partition coefficient (Wildman–Crippen LogP) is 3.50. The molecular weight excluding hydrogens is 325 g/mol. The Morgan fingerprint density at radius 1 is 1.53 bits per heavy atom. The van der Waals surface area contributed by atoms with Crippen LogP contribution in [0.15, 0.2) is 16.6 Å². The van der Waals surface area contributed by atoms with E-state index in [0.29, 0.717) is 12.5 Å². The van der Waals surface area contributed by atoms with Crippen molar-refractivity contribution >= 4 is 39.9 Å². The number of benzene rings is 1. The van der Waals surface area contributed by atoms with Crippen molar-refractivity contribution < 1.29 is 4.74 Å². The molecule has 94 valence electrons. The Morgan fingerprint density at radius 2 is 2.29 bits per heavy atom. The third kappa shape index (κ3) is 2.02. The van der Waals surface area contributed by atoms with E-state index in [4.69, 9.17) is 16.3 Å². The summed E-state index contributed by atoms with van der Waals surface area (Å²) in [5.41, 5.74) is 2.42. The monoisotopic (exact) mass is 337 g/mol.